The normalized spacial score (nSPS) is 11.3. The maximum absolute atomic E-state index is 12.2. The maximum Gasteiger partial charge on any atom is 0.337 e. The van der Waals surface area contributed by atoms with Crippen LogP contribution in [0.4, 0.5) is 5.69 Å². The van der Waals surface area contributed by atoms with Gasteiger partial charge in [0.25, 0.3) is 10.0 Å². The topological polar surface area (TPSA) is 132 Å². The van der Waals surface area contributed by atoms with Gasteiger partial charge < -0.3 is 15.2 Å². The number of benzene rings is 1. The molecule has 0 spiro atoms. The number of nitrogens with zero attached hydrogens (tertiary/aromatic N) is 1. The highest BCUT2D eigenvalue weighted by molar-refractivity contribution is 7.92. The highest BCUT2D eigenvalue weighted by Gasteiger charge is 2.20. The molecule has 0 saturated carbocycles. The van der Waals surface area contributed by atoms with Gasteiger partial charge >= 0.3 is 5.97 Å². The molecule has 0 fully saturated rings. The molecule has 0 aliphatic carbocycles. The van der Waals surface area contributed by atoms with Crippen LogP contribution in [-0.2, 0) is 16.4 Å². The number of carbonyl (C=O) groups is 1. The Bertz CT molecular complexity index is 782. The Labute approximate surface area is 120 Å². The van der Waals surface area contributed by atoms with Crippen molar-refractivity contribution >= 4 is 21.7 Å². The molecular formula is C12H13N3O5S. The van der Waals surface area contributed by atoms with Crippen LogP contribution in [0.1, 0.15) is 23.1 Å². The zero-order valence-electron chi connectivity index (χ0n) is 11.0. The van der Waals surface area contributed by atoms with E-state index < -0.39 is 16.0 Å². The van der Waals surface area contributed by atoms with Gasteiger partial charge in [0.15, 0.2) is 5.03 Å². The van der Waals surface area contributed by atoms with Crippen LogP contribution in [0.25, 0.3) is 0 Å². The first-order valence-electron chi connectivity index (χ1n) is 5.96. The maximum atomic E-state index is 12.2. The molecule has 4 N–H and O–H groups in total. The fourth-order valence-electron chi connectivity index (χ4n) is 1.66. The molecule has 0 aliphatic heterocycles. The number of hydrogen-bond donors (Lipinski definition) is 4. The first kappa shape index (κ1) is 14.9. The van der Waals surface area contributed by atoms with Crippen molar-refractivity contribution in [2.45, 2.75) is 18.4 Å². The number of hydrogen-bond acceptors (Lipinski definition) is 5. The Morgan fingerprint density at radius 3 is 2.71 bits per heavy atom. The van der Waals surface area contributed by atoms with Gasteiger partial charge in [-0.15, -0.1) is 0 Å². The lowest BCUT2D eigenvalue weighted by Crippen LogP contribution is -2.16. The van der Waals surface area contributed by atoms with Crippen LogP contribution in [0, 0.1) is 0 Å². The summed E-state index contributed by atoms with van der Waals surface area (Å²) in [7, 11) is -3.98. The lowest BCUT2D eigenvalue weighted by Gasteiger charge is -2.09. The summed E-state index contributed by atoms with van der Waals surface area (Å²) in [5.41, 5.74) is -0.498. The van der Waals surface area contributed by atoms with Crippen LogP contribution in [0.3, 0.4) is 0 Å². The molecule has 1 heterocycles. The third-order valence-electron chi connectivity index (χ3n) is 2.71. The Morgan fingerprint density at radius 1 is 1.43 bits per heavy atom. The average Bonchev–Trinajstić information content (AvgIpc) is 2.90. The second-order valence-corrected chi connectivity index (χ2v) is 5.84. The summed E-state index contributed by atoms with van der Waals surface area (Å²) in [4.78, 5) is 17.6. The van der Waals surface area contributed by atoms with Crippen LogP contribution >= 0.6 is 0 Å². The summed E-state index contributed by atoms with van der Waals surface area (Å²) >= 11 is 0. The number of rotatable bonds is 5. The summed E-state index contributed by atoms with van der Waals surface area (Å²) in [6, 6.07) is 3.33. The highest BCUT2D eigenvalue weighted by Crippen LogP contribution is 2.23. The Balaban J connectivity index is 2.39. The largest absolute Gasteiger partial charge is 0.508 e. The van der Waals surface area contributed by atoms with E-state index in [2.05, 4.69) is 14.7 Å². The number of nitrogens with one attached hydrogen (secondary N) is 2. The fourth-order valence-corrected chi connectivity index (χ4v) is 2.68. The van der Waals surface area contributed by atoms with Gasteiger partial charge in [-0.1, -0.05) is 6.92 Å². The Hall–Kier alpha value is -2.55. The predicted molar refractivity (Wildman–Crippen MR) is 73.8 cm³/mol. The number of H-pyrrole nitrogens is 1. The second-order valence-electron chi connectivity index (χ2n) is 4.19. The monoisotopic (exact) mass is 311 g/mol. The van der Waals surface area contributed by atoms with E-state index in [4.69, 9.17) is 5.11 Å². The predicted octanol–water partition coefficient (Wildman–Crippen LogP) is 1.18. The van der Waals surface area contributed by atoms with Gasteiger partial charge in [-0.2, -0.15) is 8.42 Å². The van der Waals surface area contributed by atoms with Gasteiger partial charge in [0.1, 0.15) is 11.6 Å². The second kappa shape index (κ2) is 5.44. The van der Waals surface area contributed by atoms with E-state index in [1.54, 1.807) is 0 Å². The van der Waals surface area contributed by atoms with Crippen molar-refractivity contribution < 1.29 is 23.4 Å². The summed E-state index contributed by atoms with van der Waals surface area (Å²) in [5, 5.41) is 18.2. The Morgan fingerprint density at radius 2 is 2.14 bits per heavy atom. The molecule has 0 radical (unpaired) electrons. The Kier molecular flexibility index (Phi) is 3.85. The van der Waals surface area contributed by atoms with Crippen LogP contribution < -0.4 is 4.72 Å². The fraction of sp³-hybridized carbons (Fsp3) is 0.167. The third kappa shape index (κ3) is 3.14. The molecule has 0 saturated heterocycles. The first-order valence-corrected chi connectivity index (χ1v) is 7.45. The molecule has 0 aliphatic rings. The van der Waals surface area contributed by atoms with E-state index in [-0.39, 0.29) is 22.0 Å². The van der Waals surface area contributed by atoms with Crippen molar-refractivity contribution in [1.82, 2.24) is 9.97 Å². The number of aryl methyl sites for hydroxylation is 1. The zero-order chi connectivity index (χ0) is 15.6. The van der Waals surface area contributed by atoms with Crippen molar-refractivity contribution in [3.63, 3.8) is 0 Å². The molecule has 2 rings (SSSR count). The molecule has 21 heavy (non-hydrogen) atoms. The number of anilines is 1. The molecule has 0 atom stereocenters. The molecule has 0 bridgehead atoms. The van der Waals surface area contributed by atoms with E-state index in [0.29, 0.717) is 12.2 Å². The lowest BCUT2D eigenvalue weighted by atomic mass is 10.2. The minimum Gasteiger partial charge on any atom is -0.508 e. The van der Waals surface area contributed by atoms with Crippen molar-refractivity contribution in [3.8, 4) is 5.75 Å². The minimum absolute atomic E-state index is 0.145. The van der Waals surface area contributed by atoms with E-state index >= 15 is 0 Å². The number of carboxylic acid groups (broad SMARTS) is 1. The van der Waals surface area contributed by atoms with Gasteiger partial charge in [-0.05, 0) is 18.2 Å². The smallest absolute Gasteiger partial charge is 0.337 e. The van der Waals surface area contributed by atoms with Crippen LogP contribution in [-0.4, -0.2) is 34.6 Å². The van der Waals surface area contributed by atoms with Crippen LogP contribution in [0.5, 0.6) is 5.75 Å². The van der Waals surface area contributed by atoms with Crippen LogP contribution in [0.2, 0.25) is 0 Å². The SMILES string of the molecule is CCc1ncc(S(=O)(=O)Nc2ccc(O)cc2C(=O)O)[nH]1. The van der Waals surface area contributed by atoms with Crippen molar-refractivity contribution in [1.29, 1.82) is 0 Å². The third-order valence-corrected chi connectivity index (χ3v) is 3.98. The molecule has 0 amide bonds. The molecule has 8 nitrogen and oxygen atoms in total. The number of aromatic carboxylic acids is 1. The van der Waals surface area contributed by atoms with E-state index in [0.717, 1.165) is 12.3 Å². The summed E-state index contributed by atoms with van der Waals surface area (Å²) in [6.07, 6.45) is 1.69. The number of aromatic nitrogens is 2. The van der Waals surface area contributed by atoms with Crippen LogP contribution in [0.15, 0.2) is 29.4 Å². The van der Waals surface area contributed by atoms with Gasteiger partial charge in [0.05, 0.1) is 17.4 Å². The number of imidazole rings is 1. The molecule has 1 aromatic heterocycles. The zero-order valence-corrected chi connectivity index (χ0v) is 11.8. The molecule has 0 unspecified atom stereocenters. The minimum atomic E-state index is -3.98. The van der Waals surface area contributed by atoms with Gasteiger partial charge in [0.2, 0.25) is 0 Å². The van der Waals surface area contributed by atoms with Gasteiger partial charge in [0, 0.05) is 6.42 Å². The number of phenolic OH excluding ortho intramolecular Hbond substituents is 1. The standard InChI is InChI=1S/C12H13N3O5S/c1-2-10-13-6-11(14-10)21(19,20)15-9-4-3-7(16)5-8(9)12(17)18/h3-6,15-16H,2H2,1H3,(H,13,14)(H,17,18). The molecule has 1 aromatic carbocycles. The number of phenols is 1. The van der Waals surface area contributed by atoms with Gasteiger partial charge in [-0.3, -0.25) is 4.72 Å². The average molecular weight is 311 g/mol. The summed E-state index contributed by atoms with van der Waals surface area (Å²) < 4.78 is 26.5. The highest BCUT2D eigenvalue weighted by atomic mass is 32.2. The lowest BCUT2D eigenvalue weighted by molar-refractivity contribution is 0.0697. The number of aromatic amines is 1. The van der Waals surface area contributed by atoms with Gasteiger partial charge in [-0.25, -0.2) is 9.78 Å². The van der Waals surface area contributed by atoms with E-state index in [9.17, 15) is 18.3 Å². The summed E-state index contributed by atoms with van der Waals surface area (Å²) in [5.74, 6) is -1.13. The van der Waals surface area contributed by atoms with Crippen molar-refractivity contribution in [2.75, 3.05) is 4.72 Å². The first-order chi connectivity index (χ1) is 9.83. The molecule has 9 heteroatoms. The summed E-state index contributed by atoms with van der Waals surface area (Å²) in [6.45, 7) is 1.81. The molecule has 112 valence electrons. The van der Waals surface area contributed by atoms with Crippen molar-refractivity contribution in [3.05, 3.63) is 35.8 Å². The quantitative estimate of drug-likeness (QED) is 0.613. The molecule has 2 aromatic rings. The number of aromatic hydroxyl groups is 1. The number of carboxylic acids is 1. The van der Waals surface area contributed by atoms with E-state index in [1.807, 2.05) is 6.92 Å². The number of sulfonamides is 1. The van der Waals surface area contributed by atoms with E-state index in [1.165, 1.54) is 12.1 Å². The molecular weight excluding hydrogens is 298 g/mol. The van der Waals surface area contributed by atoms with Crippen molar-refractivity contribution in [2.24, 2.45) is 0 Å².